The maximum Gasteiger partial charge on any atom is 0.287 e. The van der Waals surface area contributed by atoms with Gasteiger partial charge in [-0.2, -0.15) is 5.10 Å². The van der Waals surface area contributed by atoms with Crippen LogP contribution in [0.1, 0.15) is 5.56 Å². The Morgan fingerprint density at radius 1 is 1.40 bits per heavy atom. The van der Waals surface area contributed by atoms with E-state index < -0.39 is 4.92 Å². The number of rotatable bonds is 4. The van der Waals surface area contributed by atoms with Crippen molar-refractivity contribution in [3.05, 3.63) is 55.8 Å². The largest absolute Gasteiger partial charge is 0.507 e. The topological polar surface area (TPSA) is 101 Å². The number of halogens is 1. The molecule has 1 heterocycles. The number of aromatic nitrogens is 1. The van der Waals surface area contributed by atoms with Crippen molar-refractivity contribution < 1.29 is 10.0 Å². The molecule has 2 aromatic rings. The molecule has 0 atom stereocenters. The predicted octanol–water partition coefficient (Wildman–Crippen LogP) is 2.75. The van der Waals surface area contributed by atoms with Gasteiger partial charge < -0.3 is 5.11 Å². The standard InChI is InChI=1S/C12H9IN4O3/c13-10-5-8(1-3-11(10)18)6-15-16-12-4-2-9(7-14-12)17(19)20/h1-7,18H,(H,14,16)/b15-6+. The summed E-state index contributed by atoms with van der Waals surface area (Å²) in [6, 6.07) is 7.87. The molecule has 1 aromatic heterocycles. The Labute approximate surface area is 127 Å². The van der Waals surface area contributed by atoms with E-state index in [9.17, 15) is 15.2 Å². The van der Waals surface area contributed by atoms with Crippen molar-refractivity contribution in [3.8, 4) is 5.75 Å². The van der Waals surface area contributed by atoms with E-state index in [2.05, 4.69) is 15.5 Å². The van der Waals surface area contributed by atoms with E-state index in [1.807, 2.05) is 22.6 Å². The van der Waals surface area contributed by atoms with Gasteiger partial charge in [0.25, 0.3) is 5.69 Å². The number of pyridine rings is 1. The Balaban J connectivity index is 2.02. The monoisotopic (exact) mass is 384 g/mol. The molecule has 8 heteroatoms. The Morgan fingerprint density at radius 2 is 2.20 bits per heavy atom. The summed E-state index contributed by atoms with van der Waals surface area (Å²) >= 11 is 2.01. The molecule has 0 aliphatic rings. The zero-order valence-electron chi connectivity index (χ0n) is 10.0. The highest BCUT2D eigenvalue weighted by atomic mass is 127. The minimum atomic E-state index is -0.515. The van der Waals surface area contributed by atoms with Gasteiger partial charge in [-0.1, -0.05) is 0 Å². The normalized spacial score (nSPS) is 10.7. The van der Waals surface area contributed by atoms with E-state index in [1.54, 1.807) is 24.4 Å². The van der Waals surface area contributed by atoms with Gasteiger partial charge in [0.2, 0.25) is 0 Å². The number of phenolic OH excluding ortho intramolecular Hbond substituents is 1. The molecule has 0 saturated carbocycles. The second-order valence-electron chi connectivity index (χ2n) is 3.74. The van der Waals surface area contributed by atoms with Crippen LogP contribution in [-0.2, 0) is 0 Å². The summed E-state index contributed by atoms with van der Waals surface area (Å²) in [5.41, 5.74) is 3.39. The van der Waals surface area contributed by atoms with Crippen LogP contribution in [0.15, 0.2) is 41.6 Å². The molecule has 0 aliphatic heterocycles. The Kier molecular flexibility index (Phi) is 4.45. The third-order valence-corrected chi connectivity index (χ3v) is 3.19. The maximum atomic E-state index is 10.5. The molecule has 102 valence electrons. The van der Waals surface area contributed by atoms with E-state index >= 15 is 0 Å². The Hall–Kier alpha value is -2.23. The molecule has 0 unspecified atom stereocenters. The molecule has 0 amide bonds. The highest BCUT2D eigenvalue weighted by Crippen LogP contribution is 2.19. The lowest BCUT2D eigenvalue weighted by atomic mass is 10.2. The molecule has 0 fully saturated rings. The Bertz CT molecular complexity index is 658. The number of hydrazone groups is 1. The van der Waals surface area contributed by atoms with Crippen LogP contribution in [0.4, 0.5) is 11.5 Å². The molecule has 2 rings (SSSR count). The van der Waals surface area contributed by atoms with Gasteiger partial charge in [0.05, 0.1) is 14.7 Å². The first-order chi connectivity index (χ1) is 9.56. The van der Waals surface area contributed by atoms with Gasteiger partial charge in [-0.25, -0.2) is 4.98 Å². The minimum Gasteiger partial charge on any atom is -0.507 e. The maximum absolute atomic E-state index is 10.5. The van der Waals surface area contributed by atoms with Gasteiger partial charge in [0, 0.05) is 6.07 Å². The van der Waals surface area contributed by atoms with E-state index in [0.717, 1.165) is 15.3 Å². The van der Waals surface area contributed by atoms with Crippen LogP contribution in [0.5, 0.6) is 5.75 Å². The zero-order valence-corrected chi connectivity index (χ0v) is 12.2. The second-order valence-corrected chi connectivity index (χ2v) is 4.90. The third-order valence-electron chi connectivity index (χ3n) is 2.32. The third kappa shape index (κ3) is 3.63. The lowest BCUT2D eigenvalue weighted by Gasteiger charge is -2.00. The summed E-state index contributed by atoms with van der Waals surface area (Å²) in [4.78, 5) is 13.8. The molecule has 1 aromatic carbocycles. The van der Waals surface area contributed by atoms with E-state index in [4.69, 9.17) is 0 Å². The number of phenols is 1. The SMILES string of the molecule is O=[N+]([O-])c1ccc(N/N=C/c2ccc(O)c(I)c2)nc1. The Morgan fingerprint density at radius 3 is 2.80 bits per heavy atom. The predicted molar refractivity (Wildman–Crippen MR) is 82.9 cm³/mol. The number of aromatic hydroxyl groups is 1. The fourth-order valence-corrected chi connectivity index (χ4v) is 1.88. The first kappa shape index (κ1) is 14.2. The quantitative estimate of drug-likeness (QED) is 0.366. The first-order valence-corrected chi connectivity index (χ1v) is 6.52. The van der Waals surface area contributed by atoms with Gasteiger partial charge in [-0.3, -0.25) is 15.5 Å². The highest BCUT2D eigenvalue weighted by Gasteiger charge is 2.04. The average molecular weight is 384 g/mol. The molecule has 0 bridgehead atoms. The molecule has 0 spiro atoms. The van der Waals surface area contributed by atoms with Crippen molar-refractivity contribution in [2.24, 2.45) is 5.10 Å². The number of nitrogens with one attached hydrogen (secondary N) is 1. The molecular weight excluding hydrogens is 375 g/mol. The lowest BCUT2D eigenvalue weighted by Crippen LogP contribution is -1.95. The van der Waals surface area contributed by atoms with Crippen molar-refractivity contribution in [2.75, 3.05) is 5.43 Å². The van der Waals surface area contributed by atoms with Crippen molar-refractivity contribution in [1.29, 1.82) is 0 Å². The second kappa shape index (κ2) is 6.28. The summed E-state index contributed by atoms with van der Waals surface area (Å²) in [5.74, 6) is 0.619. The van der Waals surface area contributed by atoms with E-state index in [0.29, 0.717) is 5.82 Å². The first-order valence-electron chi connectivity index (χ1n) is 5.44. The van der Waals surface area contributed by atoms with Crippen LogP contribution in [0.25, 0.3) is 0 Å². The molecule has 20 heavy (non-hydrogen) atoms. The fourth-order valence-electron chi connectivity index (χ4n) is 1.34. The van der Waals surface area contributed by atoms with Crippen LogP contribution >= 0.6 is 22.6 Å². The van der Waals surface area contributed by atoms with Gasteiger partial charge in [0.1, 0.15) is 17.8 Å². The number of hydrogen-bond donors (Lipinski definition) is 2. The number of benzene rings is 1. The minimum absolute atomic E-state index is 0.0763. The summed E-state index contributed by atoms with van der Waals surface area (Å²) in [6.07, 6.45) is 2.71. The van der Waals surface area contributed by atoms with Gasteiger partial charge >= 0.3 is 0 Å². The number of nitro groups is 1. The summed E-state index contributed by atoms with van der Waals surface area (Å²) in [7, 11) is 0. The van der Waals surface area contributed by atoms with Crippen LogP contribution in [0, 0.1) is 13.7 Å². The van der Waals surface area contributed by atoms with Crippen molar-refractivity contribution in [2.45, 2.75) is 0 Å². The smallest absolute Gasteiger partial charge is 0.287 e. The summed E-state index contributed by atoms with van der Waals surface area (Å²) in [5, 5.41) is 23.8. The van der Waals surface area contributed by atoms with E-state index in [1.165, 1.54) is 12.1 Å². The number of nitrogens with zero attached hydrogens (tertiary/aromatic N) is 3. The molecule has 0 aliphatic carbocycles. The van der Waals surface area contributed by atoms with Crippen LogP contribution < -0.4 is 5.43 Å². The van der Waals surface area contributed by atoms with Crippen LogP contribution in [0.3, 0.4) is 0 Å². The lowest BCUT2D eigenvalue weighted by molar-refractivity contribution is -0.385. The molecular formula is C12H9IN4O3. The summed E-state index contributed by atoms with van der Waals surface area (Å²) in [6.45, 7) is 0. The van der Waals surface area contributed by atoms with Gasteiger partial charge in [0.15, 0.2) is 0 Å². The molecule has 0 saturated heterocycles. The number of hydrogen-bond acceptors (Lipinski definition) is 6. The zero-order chi connectivity index (χ0) is 14.5. The number of anilines is 1. The average Bonchev–Trinajstić information content (AvgIpc) is 2.43. The molecule has 2 N–H and O–H groups in total. The molecule has 7 nitrogen and oxygen atoms in total. The van der Waals surface area contributed by atoms with Crippen LogP contribution in [-0.4, -0.2) is 21.2 Å². The van der Waals surface area contributed by atoms with Crippen LogP contribution in [0.2, 0.25) is 0 Å². The van der Waals surface area contributed by atoms with E-state index in [-0.39, 0.29) is 11.4 Å². The fraction of sp³-hybridized carbons (Fsp3) is 0. The summed E-state index contributed by atoms with van der Waals surface area (Å²) < 4.78 is 0.722. The molecule has 0 radical (unpaired) electrons. The van der Waals surface area contributed by atoms with Gasteiger partial charge in [-0.05, 0) is 52.4 Å². The highest BCUT2D eigenvalue weighted by molar-refractivity contribution is 14.1. The van der Waals surface area contributed by atoms with Gasteiger partial charge in [-0.15, -0.1) is 0 Å². The van der Waals surface area contributed by atoms with Crippen molar-refractivity contribution in [3.63, 3.8) is 0 Å². The van der Waals surface area contributed by atoms with Crippen molar-refractivity contribution in [1.82, 2.24) is 4.98 Å². The van der Waals surface area contributed by atoms with Crippen molar-refractivity contribution >= 4 is 40.3 Å².